The second-order valence-corrected chi connectivity index (χ2v) is 8.60. The van der Waals surface area contributed by atoms with E-state index in [1.165, 1.54) is 28.4 Å². The van der Waals surface area contributed by atoms with Crippen molar-refractivity contribution < 1.29 is 14.0 Å². The van der Waals surface area contributed by atoms with E-state index in [1.54, 1.807) is 13.0 Å². The van der Waals surface area contributed by atoms with Crippen LogP contribution < -0.4 is 10.2 Å². The highest BCUT2D eigenvalue weighted by atomic mass is 32.1. The summed E-state index contributed by atoms with van der Waals surface area (Å²) in [7, 11) is 0. The minimum atomic E-state index is -0.509. The second-order valence-electron chi connectivity index (χ2n) is 7.65. The molecule has 2 aromatic carbocycles. The average Bonchev–Trinajstić information content (AvgIpc) is 3.21. The highest BCUT2D eigenvalue weighted by Gasteiger charge is 2.28. The van der Waals surface area contributed by atoms with E-state index >= 15 is 0 Å². The van der Waals surface area contributed by atoms with Crippen molar-refractivity contribution in [1.29, 1.82) is 0 Å². The zero-order valence-electron chi connectivity index (χ0n) is 17.5. The fourth-order valence-corrected chi connectivity index (χ4v) is 4.18. The maximum Gasteiger partial charge on any atom is 0.244 e. The van der Waals surface area contributed by atoms with Crippen LogP contribution in [0.4, 0.5) is 21.5 Å². The standard InChI is InChI=1S/C24H22FN3O2S/c1-14-6-7-18(17(25)9-14)27-23(29)13-28-21-11-16(3)15(2)10-19(21)26-20(12-24(28)30)22-5-4-8-31-22/h4-11H,12-13H2,1-3H3,(H,27,29). The molecule has 0 bridgehead atoms. The maximum absolute atomic E-state index is 14.2. The fraction of sp³-hybridized carbons (Fsp3) is 0.208. The molecule has 0 saturated heterocycles. The van der Waals surface area contributed by atoms with Gasteiger partial charge in [0.15, 0.2) is 0 Å². The topological polar surface area (TPSA) is 61.8 Å². The number of carbonyl (C=O) groups excluding carboxylic acids is 2. The first-order chi connectivity index (χ1) is 14.8. The molecule has 1 N–H and O–H groups in total. The molecule has 31 heavy (non-hydrogen) atoms. The fourth-order valence-electron chi connectivity index (χ4n) is 3.46. The first-order valence-corrected chi connectivity index (χ1v) is 10.8. The van der Waals surface area contributed by atoms with Gasteiger partial charge in [-0.1, -0.05) is 12.1 Å². The summed E-state index contributed by atoms with van der Waals surface area (Å²) in [5, 5.41) is 4.52. The van der Waals surface area contributed by atoms with Gasteiger partial charge >= 0.3 is 0 Å². The third-order valence-electron chi connectivity index (χ3n) is 5.26. The van der Waals surface area contributed by atoms with Crippen molar-refractivity contribution in [3.05, 3.63) is 75.2 Å². The van der Waals surface area contributed by atoms with Crippen LogP contribution in [0.5, 0.6) is 0 Å². The summed E-state index contributed by atoms with van der Waals surface area (Å²) in [6.07, 6.45) is 0.0828. The van der Waals surface area contributed by atoms with E-state index < -0.39 is 11.7 Å². The van der Waals surface area contributed by atoms with Crippen LogP contribution in [0, 0.1) is 26.6 Å². The zero-order chi connectivity index (χ0) is 22.1. The van der Waals surface area contributed by atoms with Crippen molar-refractivity contribution in [3.63, 3.8) is 0 Å². The lowest BCUT2D eigenvalue weighted by Crippen LogP contribution is -2.38. The van der Waals surface area contributed by atoms with E-state index in [0.29, 0.717) is 17.1 Å². The number of aliphatic imine (C=N–C) groups is 1. The van der Waals surface area contributed by atoms with Gasteiger partial charge in [-0.2, -0.15) is 0 Å². The predicted octanol–water partition coefficient (Wildman–Crippen LogP) is 5.31. The van der Waals surface area contributed by atoms with Crippen LogP contribution in [-0.4, -0.2) is 24.1 Å². The van der Waals surface area contributed by atoms with E-state index in [1.807, 2.05) is 43.5 Å². The Morgan fingerprint density at radius 1 is 1.16 bits per heavy atom. The molecule has 0 atom stereocenters. The number of hydrogen-bond acceptors (Lipinski definition) is 4. The summed E-state index contributed by atoms with van der Waals surface area (Å²) in [5.41, 5.74) is 4.80. The van der Waals surface area contributed by atoms with Gasteiger partial charge in [0.1, 0.15) is 12.4 Å². The molecular formula is C24H22FN3O2S. The molecule has 0 radical (unpaired) electrons. The van der Waals surface area contributed by atoms with Crippen LogP contribution in [0.15, 0.2) is 52.8 Å². The minimum Gasteiger partial charge on any atom is -0.322 e. The van der Waals surface area contributed by atoms with Gasteiger partial charge < -0.3 is 10.2 Å². The van der Waals surface area contributed by atoms with Gasteiger partial charge in [0.05, 0.1) is 29.2 Å². The molecule has 1 aliphatic heterocycles. The van der Waals surface area contributed by atoms with E-state index in [4.69, 9.17) is 4.99 Å². The lowest BCUT2D eigenvalue weighted by atomic mass is 10.1. The number of hydrogen-bond donors (Lipinski definition) is 1. The Labute approximate surface area is 184 Å². The molecular weight excluding hydrogens is 413 g/mol. The van der Waals surface area contributed by atoms with Gasteiger partial charge in [-0.15, -0.1) is 11.3 Å². The molecule has 2 heterocycles. The Kier molecular flexibility index (Phi) is 5.69. The molecule has 0 spiro atoms. The van der Waals surface area contributed by atoms with E-state index in [-0.39, 0.29) is 24.6 Å². The summed E-state index contributed by atoms with van der Waals surface area (Å²) in [5.74, 6) is -1.21. The second kappa shape index (κ2) is 8.43. The largest absolute Gasteiger partial charge is 0.322 e. The molecule has 0 unspecified atom stereocenters. The molecule has 0 saturated carbocycles. The normalized spacial score (nSPS) is 13.5. The lowest BCUT2D eigenvalue weighted by Gasteiger charge is -2.23. The highest BCUT2D eigenvalue weighted by Crippen LogP contribution is 2.36. The Bertz CT molecular complexity index is 1200. The van der Waals surface area contributed by atoms with E-state index in [0.717, 1.165) is 21.6 Å². The monoisotopic (exact) mass is 435 g/mol. The van der Waals surface area contributed by atoms with E-state index in [2.05, 4.69) is 5.32 Å². The number of benzene rings is 2. The molecule has 0 aliphatic carbocycles. The lowest BCUT2D eigenvalue weighted by molar-refractivity contribution is -0.120. The molecule has 2 amide bonds. The molecule has 7 heteroatoms. The van der Waals surface area contributed by atoms with Gasteiger partial charge in [0.2, 0.25) is 11.8 Å². The predicted molar refractivity (Wildman–Crippen MR) is 123 cm³/mol. The average molecular weight is 436 g/mol. The highest BCUT2D eigenvalue weighted by molar-refractivity contribution is 7.12. The van der Waals surface area contributed by atoms with Crippen LogP contribution >= 0.6 is 11.3 Å². The summed E-state index contributed by atoms with van der Waals surface area (Å²) >= 11 is 1.52. The molecule has 158 valence electrons. The molecule has 4 rings (SSSR count). The first-order valence-electron chi connectivity index (χ1n) is 9.91. The Balaban J connectivity index is 1.66. The van der Waals surface area contributed by atoms with Crippen LogP contribution in [0.3, 0.4) is 0 Å². The molecule has 5 nitrogen and oxygen atoms in total. The van der Waals surface area contributed by atoms with Crippen molar-refractivity contribution in [2.24, 2.45) is 4.99 Å². The quantitative estimate of drug-likeness (QED) is 0.604. The van der Waals surface area contributed by atoms with Crippen molar-refractivity contribution in [2.45, 2.75) is 27.2 Å². The SMILES string of the molecule is Cc1ccc(NC(=O)CN2C(=O)CC(c3cccs3)=Nc3cc(C)c(C)cc32)c(F)c1. The summed E-state index contributed by atoms with van der Waals surface area (Å²) in [6, 6.07) is 12.3. The van der Waals surface area contributed by atoms with Crippen molar-refractivity contribution in [3.8, 4) is 0 Å². The molecule has 1 aliphatic rings. The van der Waals surface area contributed by atoms with Gasteiger partial charge in [-0.3, -0.25) is 9.59 Å². The molecule has 3 aromatic rings. The number of anilines is 2. The summed E-state index contributed by atoms with van der Waals surface area (Å²) in [6.45, 7) is 5.49. The van der Waals surface area contributed by atoms with E-state index in [9.17, 15) is 14.0 Å². The third-order valence-corrected chi connectivity index (χ3v) is 6.18. The molecule has 1 aromatic heterocycles. The third kappa shape index (κ3) is 4.41. The number of rotatable bonds is 4. The summed E-state index contributed by atoms with van der Waals surface area (Å²) < 4.78 is 14.2. The smallest absolute Gasteiger partial charge is 0.244 e. The van der Waals surface area contributed by atoms with Crippen LogP contribution in [-0.2, 0) is 9.59 Å². The number of amides is 2. The summed E-state index contributed by atoms with van der Waals surface area (Å²) in [4.78, 5) is 33.0. The number of thiophene rings is 1. The number of nitrogens with one attached hydrogen (secondary N) is 1. The number of carbonyl (C=O) groups is 2. The maximum atomic E-state index is 14.2. The van der Waals surface area contributed by atoms with Gasteiger partial charge in [-0.05, 0) is 73.2 Å². The van der Waals surface area contributed by atoms with Gasteiger partial charge in [0.25, 0.3) is 0 Å². The number of nitrogens with zero attached hydrogens (tertiary/aromatic N) is 2. The Morgan fingerprint density at radius 3 is 2.65 bits per heavy atom. The van der Waals surface area contributed by atoms with Crippen LogP contribution in [0.25, 0.3) is 0 Å². The zero-order valence-corrected chi connectivity index (χ0v) is 18.3. The van der Waals surface area contributed by atoms with Crippen molar-refractivity contribution in [2.75, 3.05) is 16.8 Å². The number of halogens is 1. The van der Waals surface area contributed by atoms with Gasteiger partial charge in [-0.25, -0.2) is 9.38 Å². The minimum absolute atomic E-state index is 0.0828. The van der Waals surface area contributed by atoms with Crippen molar-refractivity contribution >= 4 is 45.9 Å². The number of fused-ring (bicyclic) bond motifs is 1. The Morgan fingerprint density at radius 2 is 1.94 bits per heavy atom. The number of aryl methyl sites for hydroxylation is 3. The van der Waals surface area contributed by atoms with Crippen molar-refractivity contribution in [1.82, 2.24) is 0 Å². The Hall–Kier alpha value is -3.32. The van der Waals surface area contributed by atoms with Crippen LogP contribution in [0.2, 0.25) is 0 Å². The molecule has 0 fully saturated rings. The van der Waals surface area contributed by atoms with Crippen LogP contribution in [0.1, 0.15) is 28.0 Å². The first kappa shape index (κ1) is 20.9. The van der Waals surface area contributed by atoms with Gasteiger partial charge in [0, 0.05) is 4.88 Å².